The van der Waals surface area contributed by atoms with Crippen LogP contribution in [0.3, 0.4) is 0 Å². The molecule has 0 atom stereocenters. The molecule has 0 bridgehead atoms. The first kappa shape index (κ1) is 15.2. The fourth-order valence-corrected chi connectivity index (χ4v) is 2.29. The van der Waals surface area contributed by atoms with Crippen molar-refractivity contribution in [2.45, 2.75) is 25.9 Å². The molecule has 2 N–H and O–H groups in total. The third-order valence-electron chi connectivity index (χ3n) is 3.76. The number of carboxylic acids is 1. The van der Waals surface area contributed by atoms with Crippen LogP contribution in [0.2, 0.25) is 0 Å². The van der Waals surface area contributed by atoms with Crippen LogP contribution in [0.4, 0.5) is 0 Å². The standard InChI is InChI=1S/C17H18O4/c1-17(2,14-7-3-12(4-8-14)11-21-20)15-9-5-13(6-10-15)16(18)19/h3-10,20H,11H2,1-2H3,(H,18,19). The lowest BCUT2D eigenvalue weighted by atomic mass is 9.78. The maximum Gasteiger partial charge on any atom is 0.335 e. The van der Waals surface area contributed by atoms with Gasteiger partial charge < -0.3 is 5.11 Å². The fourth-order valence-electron chi connectivity index (χ4n) is 2.29. The zero-order chi connectivity index (χ0) is 15.5. The van der Waals surface area contributed by atoms with Crippen molar-refractivity contribution < 1.29 is 20.0 Å². The Hall–Kier alpha value is -2.17. The van der Waals surface area contributed by atoms with E-state index in [0.29, 0.717) is 0 Å². The SMILES string of the molecule is CC(C)(c1ccc(COO)cc1)c1ccc(C(=O)O)cc1. The van der Waals surface area contributed by atoms with Crippen LogP contribution in [0.1, 0.15) is 40.9 Å². The summed E-state index contributed by atoms with van der Waals surface area (Å²) < 4.78 is 0. The zero-order valence-corrected chi connectivity index (χ0v) is 12.0. The first-order valence-electron chi connectivity index (χ1n) is 6.65. The molecule has 0 aliphatic rings. The van der Waals surface area contributed by atoms with E-state index in [2.05, 4.69) is 18.7 Å². The van der Waals surface area contributed by atoms with Gasteiger partial charge in [-0.15, -0.1) is 0 Å². The normalized spacial score (nSPS) is 11.4. The third kappa shape index (κ3) is 3.29. The number of hydrogen-bond acceptors (Lipinski definition) is 3. The van der Waals surface area contributed by atoms with Crippen molar-refractivity contribution in [1.82, 2.24) is 0 Å². The monoisotopic (exact) mass is 286 g/mol. The molecule has 21 heavy (non-hydrogen) atoms. The highest BCUT2D eigenvalue weighted by Crippen LogP contribution is 2.31. The first-order chi connectivity index (χ1) is 9.95. The topological polar surface area (TPSA) is 66.8 Å². The van der Waals surface area contributed by atoms with E-state index in [1.807, 2.05) is 36.4 Å². The van der Waals surface area contributed by atoms with Gasteiger partial charge in [0.1, 0.15) is 6.61 Å². The van der Waals surface area contributed by atoms with Gasteiger partial charge >= 0.3 is 5.97 Å². The minimum absolute atomic E-state index is 0.161. The Kier molecular flexibility index (Phi) is 4.40. The molecule has 0 aliphatic carbocycles. The van der Waals surface area contributed by atoms with Crippen LogP contribution >= 0.6 is 0 Å². The van der Waals surface area contributed by atoms with Gasteiger partial charge in [0.25, 0.3) is 0 Å². The Balaban J connectivity index is 2.29. The molecule has 0 unspecified atom stereocenters. The van der Waals surface area contributed by atoms with Crippen LogP contribution in [0.25, 0.3) is 0 Å². The lowest BCUT2D eigenvalue weighted by Crippen LogP contribution is -2.19. The second-order valence-corrected chi connectivity index (χ2v) is 5.48. The van der Waals surface area contributed by atoms with Crippen LogP contribution in [-0.4, -0.2) is 16.3 Å². The number of carboxylic acid groups (broad SMARTS) is 1. The minimum Gasteiger partial charge on any atom is -0.478 e. The van der Waals surface area contributed by atoms with Gasteiger partial charge in [-0.1, -0.05) is 50.2 Å². The van der Waals surface area contributed by atoms with Gasteiger partial charge in [-0.2, -0.15) is 0 Å². The number of rotatable bonds is 5. The molecule has 4 heteroatoms. The second kappa shape index (κ2) is 6.08. The number of carbonyl (C=O) groups is 1. The maximum absolute atomic E-state index is 10.9. The van der Waals surface area contributed by atoms with Gasteiger partial charge in [0.15, 0.2) is 0 Å². The van der Waals surface area contributed by atoms with Gasteiger partial charge in [-0.05, 0) is 28.8 Å². The molecule has 0 saturated heterocycles. The highest BCUT2D eigenvalue weighted by atomic mass is 17.1. The second-order valence-electron chi connectivity index (χ2n) is 5.48. The number of benzene rings is 2. The Morgan fingerprint density at radius 3 is 1.90 bits per heavy atom. The van der Waals surface area contributed by atoms with Gasteiger partial charge in [-0.25, -0.2) is 9.68 Å². The fraction of sp³-hybridized carbons (Fsp3) is 0.235. The summed E-state index contributed by atoms with van der Waals surface area (Å²) in [6.07, 6.45) is 0. The molecule has 0 amide bonds. The quantitative estimate of drug-likeness (QED) is 0.649. The summed E-state index contributed by atoms with van der Waals surface area (Å²) in [7, 11) is 0. The van der Waals surface area contributed by atoms with E-state index in [0.717, 1.165) is 16.7 Å². The molecule has 0 aromatic heterocycles. The summed E-state index contributed by atoms with van der Waals surface area (Å²) in [6.45, 7) is 4.33. The van der Waals surface area contributed by atoms with Crippen LogP contribution in [0.5, 0.6) is 0 Å². The molecule has 2 aromatic rings. The molecular formula is C17H18O4. The summed E-state index contributed by atoms with van der Waals surface area (Å²) in [5, 5.41) is 17.4. The first-order valence-corrected chi connectivity index (χ1v) is 6.65. The number of hydrogen-bond donors (Lipinski definition) is 2. The van der Waals surface area contributed by atoms with Gasteiger partial charge in [0.2, 0.25) is 0 Å². The van der Waals surface area contributed by atoms with Crippen LogP contribution in [-0.2, 0) is 16.9 Å². The van der Waals surface area contributed by atoms with Crippen LogP contribution in [0.15, 0.2) is 48.5 Å². The predicted octanol–water partition coefficient (Wildman–Crippen LogP) is 3.70. The van der Waals surface area contributed by atoms with Crippen molar-refractivity contribution in [2.24, 2.45) is 0 Å². The van der Waals surface area contributed by atoms with Gasteiger partial charge in [0.05, 0.1) is 5.56 Å². The van der Waals surface area contributed by atoms with E-state index in [1.54, 1.807) is 12.1 Å². The Morgan fingerprint density at radius 1 is 1.00 bits per heavy atom. The highest BCUT2D eigenvalue weighted by Gasteiger charge is 2.23. The van der Waals surface area contributed by atoms with Crippen LogP contribution < -0.4 is 0 Å². The van der Waals surface area contributed by atoms with Crippen molar-refractivity contribution in [1.29, 1.82) is 0 Å². The largest absolute Gasteiger partial charge is 0.478 e. The smallest absolute Gasteiger partial charge is 0.335 e. The Bertz CT molecular complexity index is 612. The molecule has 4 nitrogen and oxygen atoms in total. The highest BCUT2D eigenvalue weighted by molar-refractivity contribution is 5.87. The molecule has 0 saturated carbocycles. The summed E-state index contributed by atoms with van der Waals surface area (Å²) in [5.41, 5.74) is 3.07. The van der Waals surface area contributed by atoms with E-state index in [4.69, 9.17) is 10.4 Å². The van der Waals surface area contributed by atoms with Crippen molar-refractivity contribution in [3.63, 3.8) is 0 Å². The molecule has 2 rings (SSSR count). The average molecular weight is 286 g/mol. The minimum atomic E-state index is -0.923. The summed E-state index contributed by atoms with van der Waals surface area (Å²) in [4.78, 5) is 15.0. The van der Waals surface area contributed by atoms with E-state index in [9.17, 15) is 4.79 Å². The van der Waals surface area contributed by atoms with E-state index in [1.165, 1.54) is 0 Å². The molecule has 0 spiro atoms. The zero-order valence-electron chi connectivity index (χ0n) is 12.0. The summed E-state index contributed by atoms with van der Waals surface area (Å²) >= 11 is 0. The summed E-state index contributed by atoms with van der Waals surface area (Å²) in [6, 6.07) is 14.7. The van der Waals surface area contributed by atoms with Crippen molar-refractivity contribution in [2.75, 3.05) is 0 Å². The lowest BCUT2D eigenvalue weighted by Gasteiger charge is -2.26. The third-order valence-corrected chi connectivity index (χ3v) is 3.76. The molecule has 0 radical (unpaired) electrons. The van der Waals surface area contributed by atoms with Crippen molar-refractivity contribution >= 4 is 5.97 Å². The predicted molar refractivity (Wildman–Crippen MR) is 79.4 cm³/mol. The van der Waals surface area contributed by atoms with E-state index in [-0.39, 0.29) is 17.6 Å². The Morgan fingerprint density at radius 2 is 1.48 bits per heavy atom. The molecule has 0 aliphatic heterocycles. The molecule has 2 aromatic carbocycles. The average Bonchev–Trinajstić information content (AvgIpc) is 2.48. The molecule has 110 valence electrons. The molecule has 0 fully saturated rings. The lowest BCUT2D eigenvalue weighted by molar-refractivity contribution is -0.253. The van der Waals surface area contributed by atoms with Crippen molar-refractivity contribution in [3.05, 3.63) is 70.8 Å². The number of aromatic carboxylic acids is 1. The van der Waals surface area contributed by atoms with E-state index < -0.39 is 5.97 Å². The van der Waals surface area contributed by atoms with E-state index >= 15 is 0 Å². The Labute approximate surface area is 123 Å². The van der Waals surface area contributed by atoms with Crippen molar-refractivity contribution in [3.8, 4) is 0 Å². The summed E-state index contributed by atoms with van der Waals surface area (Å²) in [5.74, 6) is -0.923. The molecule has 0 heterocycles. The van der Waals surface area contributed by atoms with Gasteiger partial charge in [0, 0.05) is 5.41 Å². The van der Waals surface area contributed by atoms with Crippen LogP contribution in [0, 0.1) is 0 Å². The van der Waals surface area contributed by atoms with Gasteiger partial charge in [-0.3, -0.25) is 5.26 Å². The molecular weight excluding hydrogens is 268 g/mol. The maximum atomic E-state index is 10.9.